The summed E-state index contributed by atoms with van der Waals surface area (Å²) in [5.74, 6) is -0.495. The zero-order valence-electron chi connectivity index (χ0n) is 15.0. The minimum atomic E-state index is -1.01. The number of esters is 1. The Morgan fingerprint density at radius 1 is 1.32 bits per heavy atom. The molecular formula is C19H24ClNO4. The normalized spacial score (nSPS) is 23.9. The van der Waals surface area contributed by atoms with Crippen LogP contribution >= 0.6 is 11.6 Å². The molecule has 1 heterocycles. The monoisotopic (exact) mass is 365 g/mol. The molecule has 1 amide bonds. The van der Waals surface area contributed by atoms with Crippen molar-refractivity contribution in [1.82, 2.24) is 4.90 Å². The van der Waals surface area contributed by atoms with E-state index in [0.717, 1.165) is 5.56 Å². The SMILES string of the molecule is COC(=O)C=C[C@H]1CC[C@@](c2ccc(Cl)cc2)(C(C)(C)C)N1C(=O)O. The van der Waals surface area contributed by atoms with Crippen molar-refractivity contribution < 1.29 is 19.4 Å². The molecule has 25 heavy (non-hydrogen) atoms. The van der Waals surface area contributed by atoms with Gasteiger partial charge in [0.2, 0.25) is 0 Å². The number of hydrogen-bond acceptors (Lipinski definition) is 3. The summed E-state index contributed by atoms with van der Waals surface area (Å²) in [6.45, 7) is 6.10. The first-order valence-electron chi connectivity index (χ1n) is 8.18. The number of nitrogens with zero attached hydrogens (tertiary/aromatic N) is 1. The Kier molecular flexibility index (Phi) is 5.47. The Balaban J connectivity index is 2.55. The van der Waals surface area contributed by atoms with E-state index in [1.807, 2.05) is 32.9 Å². The Morgan fingerprint density at radius 3 is 2.40 bits per heavy atom. The molecule has 1 saturated heterocycles. The van der Waals surface area contributed by atoms with E-state index >= 15 is 0 Å². The van der Waals surface area contributed by atoms with Crippen LogP contribution in [0.4, 0.5) is 4.79 Å². The van der Waals surface area contributed by atoms with Crippen LogP contribution in [0.3, 0.4) is 0 Å². The number of carboxylic acid groups (broad SMARTS) is 1. The van der Waals surface area contributed by atoms with E-state index in [9.17, 15) is 14.7 Å². The van der Waals surface area contributed by atoms with Crippen LogP contribution in [0, 0.1) is 5.41 Å². The quantitative estimate of drug-likeness (QED) is 0.634. The molecule has 5 nitrogen and oxygen atoms in total. The van der Waals surface area contributed by atoms with Gasteiger partial charge in [0.05, 0.1) is 18.7 Å². The lowest BCUT2D eigenvalue weighted by Crippen LogP contribution is -2.54. The number of rotatable bonds is 3. The summed E-state index contributed by atoms with van der Waals surface area (Å²) in [6, 6.07) is 6.93. The summed E-state index contributed by atoms with van der Waals surface area (Å²) in [4.78, 5) is 25.1. The highest BCUT2D eigenvalue weighted by Crippen LogP contribution is 2.53. The molecule has 0 saturated carbocycles. The Bertz CT molecular complexity index is 678. The van der Waals surface area contributed by atoms with Gasteiger partial charge in [0.15, 0.2) is 0 Å². The number of amides is 1. The van der Waals surface area contributed by atoms with Crippen LogP contribution in [0.25, 0.3) is 0 Å². The number of methoxy groups -OCH3 is 1. The Morgan fingerprint density at radius 2 is 1.92 bits per heavy atom. The lowest BCUT2D eigenvalue weighted by molar-refractivity contribution is -0.134. The second kappa shape index (κ2) is 7.08. The predicted molar refractivity (Wildman–Crippen MR) is 96.6 cm³/mol. The van der Waals surface area contributed by atoms with Crippen molar-refractivity contribution in [3.63, 3.8) is 0 Å². The summed E-state index contributed by atoms with van der Waals surface area (Å²) < 4.78 is 4.62. The minimum absolute atomic E-state index is 0.354. The van der Waals surface area contributed by atoms with Crippen LogP contribution < -0.4 is 0 Å². The zero-order valence-corrected chi connectivity index (χ0v) is 15.7. The molecule has 0 aromatic heterocycles. The van der Waals surface area contributed by atoms with E-state index in [-0.39, 0.29) is 5.41 Å². The van der Waals surface area contributed by atoms with Crippen molar-refractivity contribution in [2.24, 2.45) is 5.41 Å². The second-order valence-electron chi connectivity index (χ2n) is 7.26. The molecule has 1 aliphatic rings. The maximum absolute atomic E-state index is 12.2. The van der Waals surface area contributed by atoms with E-state index in [0.29, 0.717) is 17.9 Å². The zero-order chi connectivity index (χ0) is 18.8. The molecule has 1 N–H and O–H groups in total. The summed E-state index contributed by atoms with van der Waals surface area (Å²) >= 11 is 6.01. The van der Waals surface area contributed by atoms with Gasteiger partial charge >= 0.3 is 12.1 Å². The van der Waals surface area contributed by atoms with Crippen molar-refractivity contribution in [2.75, 3.05) is 7.11 Å². The van der Waals surface area contributed by atoms with Crippen LogP contribution in [0.1, 0.15) is 39.2 Å². The molecule has 0 aliphatic carbocycles. The molecule has 0 bridgehead atoms. The molecule has 6 heteroatoms. The average molecular weight is 366 g/mol. The molecule has 1 aromatic carbocycles. The molecule has 0 radical (unpaired) electrons. The van der Waals surface area contributed by atoms with Crippen molar-refractivity contribution in [1.29, 1.82) is 0 Å². The van der Waals surface area contributed by atoms with E-state index in [1.54, 1.807) is 18.2 Å². The van der Waals surface area contributed by atoms with Gasteiger partial charge in [-0.3, -0.25) is 4.90 Å². The van der Waals surface area contributed by atoms with Crippen molar-refractivity contribution in [3.05, 3.63) is 47.0 Å². The van der Waals surface area contributed by atoms with Gasteiger partial charge in [-0.15, -0.1) is 0 Å². The average Bonchev–Trinajstić information content (AvgIpc) is 2.93. The third kappa shape index (κ3) is 3.52. The Hall–Kier alpha value is -2.01. The minimum Gasteiger partial charge on any atom is -0.466 e. The fourth-order valence-electron chi connectivity index (χ4n) is 3.81. The number of ether oxygens (including phenoxy) is 1. The molecule has 136 valence electrons. The lowest BCUT2D eigenvalue weighted by Gasteiger charge is -2.48. The van der Waals surface area contributed by atoms with Crippen molar-refractivity contribution >= 4 is 23.7 Å². The van der Waals surface area contributed by atoms with Gasteiger partial charge in [0.25, 0.3) is 0 Å². The van der Waals surface area contributed by atoms with Gasteiger partial charge in [0, 0.05) is 11.1 Å². The highest BCUT2D eigenvalue weighted by atomic mass is 35.5. The standard InChI is InChI=1S/C19H24ClNO4/c1-18(2,3)19(13-5-7-14(20)8-6-13)12-11-15(21(19)17(23)24)9-10-16(22)25-4/h5-10,15H,11-12H2,1-4H3,(H,23,24)/t15-,19+/m0/s1. The van der Waals surface area contributed by atoms with Gasteiger partial charge in [-0.2, -0.15) is 0 Å². The van der Waals surface area contributed by atoms with Crippen LogP contribution in [0.5, 0.6) is 0 Å². The molecule has 0 spiro atoms. The first-order chi connectivity index (χ1) is 11.6. The number of likely N-dealkylation sites (tertiary alicyclic amines) is 1. The fraction of sp³-hybridized carbons (Fsp3) is 0.474. The van der Waals surface area contributed by atoms with Crippen molar-refractivity contribution in [2.45, 2.75) is 45.2 Å². The molecule has 0 unspecified atom stereocenters. The summed E-state index contributed by atoms with van der Waals surface area (Å²) in [5, 5.41) is 10.6. The van der Waals surface area contributed by atoms with E-state index in [1.165, 1.54) is 18.1 Å². The van der Waals surface area contributed by atoms with E-state index in [2.05, 4.69) is 4.74 Å². The van der Waals surface area contributed by atoms with Gasteiger partial charge in [0.1, 0.15) is 0 Å². The highest BCUT2D eigenvalue weighted by molar-refractivity contribution is 6.30. The Labute approximate surface area is 153 Å². The summed E-state index contributed by atoms with van der Waals surface area (Å²) in [7, 11) is 1.30. The smallest absolute Gasteiger partial charge is 0.408 e. The number of halogens is 1. The molecule has 1 aliphatic heterocycles. The molecule has 2 rings (SSSR count). The van der Waals surface area contributed by atoms with Gasteiger partial charge < -0.3 is 9.84 Å². The second-order valence-corrected chi connectivity index (χ2v) is 7.69. The molecular weight excluding hydrogens is 342 g/mol. The van der Waals surface area contributed by atoms with E-state index < -0.39 is 23.6 Å². The number of hydrogen-bond donors (Lipinski definition) is 1. The first-order valence-corrected chi connectivity index (χ1v) is 8.56. The third-order valence-electron chi connectivity index (χ3n) is 4.97. The molecule has 1 fully saturated rings. The summed E-state index contributed by atoms with van der Waals surface area (Å²) in [6.07, 6.45) is 3.17. The highest BCUT2D eigenvalue weighted by Gasteiger charge is 2.56. The van der Waals surface area contributed by atoms with Gasteiger partial charge in [-0.1, -0.05) is 50.6 Å². The maximum atomic E-state index is 12.2. The van der Waals surface area contributed by atoms with Gasteiger partial charge in [-0.25, -0.2) is 9.59 Å². The summed E-state index contributed by atoms with van der Waals surface area (Å²) in [5.41, 5.74) is -0.164. The van der Waals surface area contributed by atoms with Crippen LogP contribution in [-0.4, -0.2) is 35.2 Å². The first kappa shape index (κ1) is 19.3. The third-order valence-corrected chi connectivity index (χ3v) is 5.22. The van der Waals surface area contributed by atoms with Crippen LogP contribution in [0.2, 0.25) is 5.02 Å². The molecule has 2 atom stereocenters. The van der Waals surface area contributed by atoms with Crippen LogP contribution in [-0.2, 0) is 15.1 Å². The predicted octanol–water partition coefficient (Wildman–Crippen LogP) is 4.45. The van der Waals surface area contributed by atoms with Crippen LogP contribution in [0.15, 0.2) is 36.4 Å². The van der Waals surface area contributed by atoms with E-state index in [4.69, 9.17) is 11.6 Å². The van der Waals surface area contributed by atoms with Gasteiger partial charge in [-0.05, 0) is 36.0 Å². The number of carbonyl (C=O) groups is 2. The van der Waals surface area contributed by atoms with Crippen molar-refractivity contribution in [3.8, 4) is 0 Å². The topological polar surface area (TPSA) is 66.8 Å². The largest absolute Gasteiger partial charge is 0.466 e. The number of benzene rings is 1. The lowest BCUT2D eigenvalue weighted by atomic mass is 9.68. The maximum Gasteiger partial charge on any atom is 0.408 e. The number of carbonyl (C=O) groups excluding carboxylic acids is 1. The fourth-order valence-corrected chi connectivity index (χ4v) is 3.94. The molecule has 1 aromatic rings.